The fourth-order valence-corrected chi connectivity index (χ4v) is 1.57. The molecule has 0 spiro atoms. The maximum Gasteiger partial charge on any atom is 1.00 e. The van der Waals surface area contributed by atoms with Crippen molar-refractivity contribution in [3.8, 4) is 11.5 Å². The second-order valence-electron chi connectivity index (χ2n) is 3.41. The van der Waals surface area contributed by atoms with Gasteiger partial charge in [0.25, 0.3) is 0 Å². The van der Waals surface area contributed by atoms with Gasteiger partial charge in [-0.05, 0) is 17.7 Å². The average molecular weight is 262 g/mol. The molecular weight excluding hydrogens is 251 g/mol. The van der Waals surface area contributed by atoms with Gasteiger partial charge < -0.3 is 24.1 Å². The Morgan fingerprint density at radius 2 is 1.94 bits per heavy atom. The van der Waals surface area contributed by atoms with Crippen molar-refractivity contribution in [3.63, 3.8) is 0 Å². The van der Waals surface area contributed by atoms with Crippen LogP contribution < -0.4 is 66.0 Å². The first-order chi connectivity index (χ1) is 7.67. The van der Waals surface area contributed by atoms with Crippen molar-refractivity contribution in [2.45, 2.75) is 12.2 Å². The van der Waals surface area contributed by atoms with Gasteiger partial charge in [0.2, 0.25) is 0 Å². The van der Waals surface area contributed by atoms with Crippen LogP contribution >= 0.6 is 0 Å². The van der Waals surface area contributed by atoms with Crippen LogP contribution in [0.15, 0.2) is 18.2 Å². The molecule has 1 heterocycles. The maximum atomic E-state index is 10.5. The number of benzene rings is 1. The van der Waals surface area contributed by atoms with Crippen LogP contribution in [0.5, 0.6) is 11.5 Å². The van der Waals surface area contributed by atoms with Crippen molar-refractivity contribution in [2.24, 2.45) is 0 Å². The van der Waals surface area contributed by atoms with Crippen molar-refractivity contribution in [2.75, 3.05) is 14.2 Å². The predicted molar refractivity (Wildman–Crippen MR) is 52.2 cm³/mol. The monoisotopic (exact) mass is 262 g/mol. The van der Waals surface area contributed by atoms with Crippen LogP contribution in [0.4, 0.5) is 0 Å². The summed E-state index contributed by atoms with van der Waals surface area (Å²) < 4.78 is 15.2. The Bertz CT molecular complexity index is 420. The molecule has 1 saturated heterocycles. The van der Waals surface area contributed by atoms with Crippen molar-refractivity contribution in [3.05, 3.63) is 23.8 Å². The van der Waals surface area contributed by atoms with E-state index in [4.69, 9.17) is 14.2 Å². The Kier molecular flexibility index (Phi) is 5.42. The van der Waals surface area contributed by atoms with E-state index in [2.05, 4.69) is 0 Å². The van der Waals surface area contributed by atoms with Crippen molar-refractivity contribution in [1.29, 1.82) is 0 Å². The van der Waals surface area contributed by atoms with Crippen molar-refractivity contribution < 1.29 is 75.5 Å². The summed E-state index contributed by atoms with van der Waals surface area (Å²) in [5.41, 5.74) is 0.742. The molecule has 2 atom stereocenters. The summed E-state index contributed by atoms with van der Waals surface area (Å²) >= 11 is 0. The van der Waals surface area contributed by atoms with E-state index in [-0.39, 0.29) is 51.4 Å². The van der Waals surface area contributed by atoms with Crippen LogP contribution in [0, 0.1) is 0 Å². The maximum absolute atomic E-state index is 10.5. The van der Waals surface area contributed by atoms with Gasteiger partial charge in [-0.3, -0.25) is 0 Å². The number of methoxy groups -OCH3 is 2. The molecule has 0 N–H and O–H groups in total. The third kappa shape index (κ3) is 3.21. The van der Waals surface area contributed by atoms with Gasteiger partial charge in [0, 0.05) is 0 Å². The second-order valence-corrected chi connectivity index (χ2v) is 3.41. The third-order valence-corrected chi connectivity index (χ3v) is 2.46. The summed E-state index contributed by atoms with van der Waals surface area (Å²) in [5.74, 6) is -0.0516. The first-order valence-corrected chi connectivity index (χ1v) is 4.75. The number of carboxylic acid groups (broad SMARTS) is 1. The summed E-state index contributed by atoms with van der Waals surface area (Å²) in [4.78, 5) is 10.5. The molecule has 0 radical (unpaired) electrons. The number of carbonyl (C=O) groups excluding carboxylic acids is 1. The quantitative estimate of drug-likeness (QED) is 0.424. The Balaban J connectivity index is 0.00000144. The second kappa shape index (κ2) is 6.17. The van der Waals surface area contributed by atoms with Crippen LogP contribution in [0.25, 0.3) is 0 Å². The number of ether oxygens (including phenoxy) is 3. The van der Waals surface area contributed by atoms with E-state index < -0.39 is 18.2 Å². The molecule has 0 amide bonds. The van der Waals surface area contributed by atoms with Gasteiger partial charge in [0.1, 0.15) is 12.2 Å². The molecule has 17 heavy (non-hydrogen) atoms. The summed E-state index contributed by atoms with van der Waals surface area (Å²) in [6, 6.07) is 5.16. The minimum Gasteiger partial charge on any atom is -0.547 e. The molecule has 0 aliphatic carbocycles. The minimum absolute atomic E-state index is 0. The minimum atomic E-state index is -1.19. The summed E-state index contributed by atoms with van der Waals surface area (Å²) in [6.07, 6.45) is -1.29. The van der Waals surface area contributed by atoms with Crippen molar-refractivity contribution in [1.82, 2.24) is 0 Å². The molecule has 86 valence electrons. The molecule has 2 unspecified atom stereocenters. The standard InChI is InChI=1S/C11H12O5.K/c1-14-7-4-3-6(5-8(7)15-2)9-10(16-9)11(12)13;/h3-5,9-10H,1-2H3,(H,12,13);/q;+1/p-1. The molecule has 0 bridgehead atoms. The average Bonchev–Trinajstić information content (AvgIpc) is 3.08. The number of epoxide rings is 1. The van der Waals surface area contributed by atoms with Gasteiger partial charge in [0.05, 0.1) is 20.2 Å². The fraction of sp³-hybridized carbons (Fsp3) is 0.364. The van der Waals surface area contributed by atoms with Gasteiger partial charge in [-0.1, -0.05) is 6.07 Å². The number of hydrogen-bond acceptors (Lipinski definition) is 5. The Labute approximate surface area is 141 Å². The molecule has 1 fully saturated rings. The SMILES string of the molecule is COc1ccc(C2OC2C(=O)[O-])cc1OC.[K+]. The van der Waals surface area contributed by atoms with E-state index in [0.29, 0.717) is 11.5 Å². The Morgan fingerprint density at radius 1 is 1.29 bits per heavy atom. The molecule has 2 rings (SSSR count). The van der Waals surface area contributed by atoms with Crippen LogP contribution in [-0.4, -0.2) is 26.3 Å². The molecular formula is C11H11KO5. The number of hydrogen-bond donors (Lipinski definition) is 0. The third-order valence-electron chi connectivity index (χ3n) is 2.46. The first kappa shape index (κ1) is 14.9. The number of aliphatic carboxylic acids is 1. The van der Waals surface area contributed by atoms with Crippen LogP contribution in [-0.2, 0) is 9.53 Å². The van der Waals surface area contributed by atoms with E-state index in [0.717, 1.165) is 5.56 Å². The van der Waals surface area contributed by atoms with Gasteiger partial charge in [-0.25, -0.2) is 0 Å². The number of rotatable bonds is 4. The molecule has 5 nitrogen and oxygen atoms in total. The van der Waals surface area contributed by atoms with Crippen molar-refractivity contribution >= 4 is 5.97 Å². The van der Waals surface area contributed by atoms with E-state index in [1.165, 1.54) is 14.2 Å². The van der Waals surface area contributed by atoms with Crippen LogP contribution in [0.3, 0.4) is 0 Å². The van der Waals surface area contributed by atoms with Gasteiger partial charge in [-0.15, -0.1) is 0 Å². The largest absolute Gasteiger partial charge is 1.00 e. The van der Waals surface area contributed by atoms with Gasteiger partial charge >= 0.3 is 51.4 Å². The summed E-state index contributed by atoms with van der Waals surface area (Å²) in [5, 5.41) is 10.5. The normalized spacial score (nSPS) is 21.3. The summed E-state index contributed by atoms with van der Waals surface area (Å²) in [6.45, 7) is 0. The molecule has 1 aromatic rings. The number of carboxylic acids is 1. The smallest absolute Gasteiger partial charge is 0.547 e. The van der Waals surface area contributed by atoms with Gasteiger partial charge in [-0.2, -0.15) is 0 Å². The summed E-state index contributed by atoms with van der Waals surface area (Å²) in [7, 11) is 3.06. The molecule has 0 saturated carbocycles. The molecule has 1 aromatic carbocycles. The Hall–Kier alpha value is -0.114. The van der Waals surface area contributed by atoms with Gasteiger partial charge in [0.15, 0.2) is 11.5 Å². The molecule has 6 heteroatoms. The molecule has 1 aliphatic rings. The Morgan fingerprint density at radius 3 is 2.41 bits per heavy atom. The molecule has 0 aromatic heterocycles. The fourth-order valence-electron chi connectivity index (χ4n) is 1.57. The van der Waals surface area contributed by atoms with Crippen LogP contribution in [0.1, 0.15) is 11.7 Å². The van der Waals surface area contributed by atoms with E-state index in [1.807, 2.05) is 0 Å². The van der Waals surface area contributed by atoms with E-state index >= 15 is 0 Å². The zero-order valence-electron chi connectivity index (χ0n) is 9.93. The first-order valence-electron chi connectivity index (χ1n) is 4.75. The topological polar surface area (TPSA) is 71.1 Å². The van der Waals surface area contributed by atoms with E-state index in [1.54, 1.807) is 18.2 Å². The van der Waals surface area contributed by atoms with Crippen LogP contribution in [0.2, 0.25) is 0 Å². The number of carbonyl (C=O) groups is 1. The zero-order valence-corrected chi connectivity index (χ0v) is 13.1. The zero-order chi connectivity index (χ0) is 11.7. The predicted octanol–water partition coefficient (Wildman–Crippen LogP) is -3.10. The molecule has 1 aliphatic heterocycles. The van der Waals surface area contributed by atoms with E-state index in [9.17, 15) is 9.90 Å².